The second kappa shape index (κ2) is 5.63. The number of carbonyl (C=O) groups excluding carboxylic acids is 1. The summed E-state index contributed by atoms with van der Waals surface area (Å²) < 4.78 is 0. The fourth-order valence-electron chi connectivity index (χ4n) is 2.58. The number of aromatic amines is 1. The van der Waals surface area contributed by atoms with E-state index in [1.807, 2.05) is 18.7 Å². The zero-order chi connectivity index (χ0) is 14.0. The molecule has 5 nitrogen and oxygen atoms in total. The summed E-state index contributed by atoms with van der Waals surface area (Å²) in [6.07, 6.45) is 3.32. The van der Waals surface area contributed by atoms with Crippen molar-refractivity contribution in [2.24, 2.45) is 5.92 Å². The van der Waals surface area contributed by atoms with Gasteiger partial charge in [-0.05, 0) is 31.1 Å². The Hall–Kier alpha value is -1.52. The molecule has 1 aliphatic rings. The molecule has 1 unspecified atom stereocenters. The van der Waals surface area contributed by atoms with Crippen molar-refractivity contribution in [3.63, 3.8) is 0 Å². The first-order valence-corrected chi connectivity index (χ1v) is 7.13. The molecular weight excluding hydrogens is 240 g/mol. The molecule has 106 valence electrons. The summed E-state index contributed by atoms with van der Waals surface area (Å²) in [4.78, 5) is 14.4. The molecule has 19 heavy (non-hydrogen) atoms. The van der Waals surface area contributed by atoms with Crippen LogP contribution in [0, 0.1) is 5.92 Å². The van der Waals surface area contributed by atoms with Gasteiger partial charge in [0.25, 0.3) is 5.91 Å². The Balaban J connectivity index is 2.15. The Morgan fingerprint density at radius 1 is 1.42 bits per heavy atom. The molecule has 1 aliphatic heterocycles. The molecule has 0 spiro atoms. The molecule has 0 aliphatic carbocycles. The highest BCUT2D eigenvalue weighted by molar-refractivity contribution is 5.97. The van der Waals surface area contributed by atoms with Crippen molar-refractivity contribution in [1.29, 1.82) is 0 Å². The van der Waals surface area contributed by atoms with Crippen LogP contribution in [0.2, 0.25) is 0 Å². The van der Waals surface area contributed by atoms with Gasteiger partial charge in [0.2, 0.25) is 0 Å². The van der Waals surface area contributed by atoms with Crippen molar-refractivity contribution < 1.29 is 4.79 Å². The first-order chi connectivity index (χ1) is 9.00. The number of anilines is 1. The minimum atomic E-state index is -0.0326. The SMILES string of the molecule is CC1CCCN(C(=O)c2n[nH]c(C(C)C)c2N)CC1. The number of nitrogens with zero attached hydrogens (tertiary/aromatic N) is 2. The van der Waals surface area contributed by atoms with Crippen molar-refractivity contribution in [3.05, 3.63) is 11.4 Å². The maximum atomic E-state index is 12.5. The van der Waals surface area contributed by atoms with Crippen LogP contribution in [0.25, 0.3) is 0 Å². The number of nitrogens with two attached hydrogens (primary N) is 1. The number of aromatic nitrogens is 2. The van der Waals surface area contributed by atoms with Crippen molar-refractivity contribution >= 4 is 11.6 Å². The summed E-state index contributed by atoms with van der Waals surface area (Å²) in [5, 5.41) is 7.02. The zero-order valence-electron chi connectivity index (χ0n) is 12.1. The maximum Gasteiger partial charge on any atom is 0.276 e. The average molecular weight is 264 g/mol. The smallest absolute Gasteiger partial charge is 0.276 e. The van der Waals surface area contributed by atoms with Gasteiger partial charge in [-0.15, -0.1) is 0 Å². The lowest BCUT2D eigenvalue weighted by Gasteiger charge is -2.19. The van der Waals surface area contributed by atoms with Crippen molar-refractivity contribution in [1.82, 2.24) is 15.1 Å². The van der Waals surface area contributed by atoms with Gasteiger partial charge in [0.1, 0.15) is 0 Å². The third-order valence-corrected chi connectivity index (χ3v) is 3.92. The Morgan fingerprint density at radius 3 is 2.79 bits per heavy atom. The molecule has 2 rings (SSSR count). The normalized spacial score (nSPS) is 20.6. The van der Waals surface area contributed by atoms with Gasteiger partial charge in [-0.1, -0.05) is 20.8 Å². The molecule has 1 fully saturated rings. The summed E-state index contributed by atoms with van der Waals surface area (Å²) in [6.45, 7) is 7.93. The molecule has 1 aromatic heterocycles. The van der Waals surface area contributed by atoms with E-state index in [9.17, 15) is 4.79 Å². The monoisotopic (exact) mass is 264 g/mol. The second-order valence-corrected chi connectivity index (χ2v) is 5.88. The number of hydrogen-bond donors (Lipinski definition) is 2. The summed E-state index contributed by atoms with van der Waals surface area (Å²) in [5.74, 6) is 0.911. The van der Waals surface area contributed by atoms with Crippen molar-refractivity contribution in [3.8, 4) is 0 Å². The molecule has 0 bridgehead atoms. The summed E-state index contributed by atoms with van der Waals surface area (Å²) in [6, 6.07) is 0. The largest absolute Gasteiger partial charge is 0.395 e. The molecule has 3 N–H and O–H groups in total. The van der Waals surface area contributed by atoms with Crippen LogP contribution in [0.15, 0.2) is 0 Å². The van der Waals surface area contributed by atoms with E-state index in [1.54, 1.807) is 0 Å². The van der Waals surface area contributed by atoms with Gasteiger partial charge in [0.15, 0.2) is 5.69 Å². The summed E-state index contributed by atoms with van der Waals surface area (Å²) >= 11 is 0. The molecule has 0 saturated carbocycles. The fourth-order valence-corrected chi connectivity index (χ4v) is 2.58. The number of amides is 1. The average Bonchev–Trinajstić information content (AvgIpc) is 2.60. The molecule has 1 atom stereocenters. The topological polar surface area (TPSA) is 75.0 Å². The van der Waals surface area contributed by atoms with Crippen LogP contribution in [-0.2, 0) is 0 Å². The molecule has 5 heteroatoms. The predicted molar refractivity (Wildman–Crippen MR) is 76.0 cm³/mol. The highest BCUT2D eigenvalue weighted by atomic mass is 16.2. The summed E-state index contributed by atoms with van der Waals surface area (Å²) in [5.41, 5.74) is 7.79. The second-order valence-electron chi connectivity index (χ2n) is 5.88. The molecular formula is C14H24N4O. The number of nitrogens with one attached hydrogen (secondary N) is 1. The van der Waals surface area contributed by atoms with Gasteiger partial charge in [-0.25, -0.2) is 0 Å². The lowest BCUT2D eigenvalue weighted by atomic mass is 10.0. The molecule has 2 heterocycles. The lowest BCUT2D eigenvalue weighted by Crippen LogP contribution is -2.32. The van der Waals surface area contributed by atoms with Gasteiger partial charge >= 0.3 is 0 Å². The van der Waals surface area contributed by atoms with E-state index in [-0.39, 0.29) is 11.8 Å². The van der Waals surface area contributed by atoms with Crippen molar-refractivity contribution in [2.45, 2.75) is 46.0 Å². The van der Waals surface area contributed by atoms with E-state index < -0.39 is 0 Å². The first-order valence-electron chi connectivity index (χ1n) is 7.13. The molecule has 1 aromatic rings. The standard InChI is InChI=1S/C14H24N4O/c1-9(2)12-11(15)13(17-16-12)14(19)18-7-4-5-10(3)6-8-18/h9-10H,4-8,15H2,1-3H3,(H,16,17). The van der Waals surface area contributed by atoms with Gasteiger partial charge in [0, 0.05) is 13.1 Å². The quantitative estimate of drug-likeness (QED) is 0.861. The Labute approximate surface area is 114 Å². The van der Waals surface area contributed by atoms with E-state index in [1.165, 1.54) is 6.42 Å². The minimum absolute atomic E-state index is 0.0326. The van der Waals surface area contributed by atoms with Gasteiger partial charge in [-0.2, -0.15) is 5.10 Å². The zero-order valence-corrected chi connectivity index (χ0v) is 12.1. The maximum absolute atomic E-state index is 12.5. The third-order valence-electron chi connectivity index (χ3n) is 3.92. The van der Waals surface area contributed by atoms with Crippen LogP contribution in [0.3, 0.4) is 0 Å². The Morgan fingerprint density at radius 2 is 2.16 bits per heavy atom. The minimum Gasteiger partial charge on any atom is -0.395 e. The molecule has 0 aromatic carbocycles. The van der Waals surface area contributed by atoms with E-state index in [2.05, 4.69) is 17.1 Å². The number of H-pyrrole nitrogens is 1. The van der Waals surface area contributed by atoms with Gasteiger partial charge in [0.05, 0.1) is 11.4 Å². The highest BCUT2D eigenvalue weighted by Crippen LogP contribution is 2.24. The van der Waals surface area contributed by atoms with Crippen LogP contribution < -0.4 is 5.73 Å². The van der Waals surface area contributed by atoms with Crippen LogP contribution in [0.4, 0.5) is 5.69 Å². The number of rotatable bonds is 2. The Bertz CT molecular complexity index is 452. The van der Waals surface area contributed by atoms with Crippen LogP contribution >= 0.6 is 0 Å². The summed E-state index contributed by atoms with van der Waals surface area (Å²) in [7, 11) is 0. The van der Waals surface area contributed by atoms with E-state index in [4.69, 9.17) is 5.73 Å². The number of carbonyl (C=O) groups is 1. The van der Waals surface area contributed by atoms with E-state index in [0.29, 0.717) is 17.3 Å². The van der Waals surface area contributed by atoms with E-state index >= 15 is 0 Å². The Kier molecular flexibility index (Phi) is 4.12. The molecule has 1 amide bonds. The number of nitrogen functional groups attached to an aromatic ring is 1. The molecule has 0 radical (unpaired) electrons. The van der Waals surface area contributed by atoms with Crippen LogP contribution in [0.5, 0.6) is 0 Å². The van der Waals surface area contributed by atoms with Gasteiger partial charge < -0.3 is 10.6 Å². The highest BCUT2D eigenvalue weighted by Gasteiger charge is 2.25. The first kappa shape index (κ1) is 13.9. The van der Waals surface area contributed by atoms with Crippen molar-refractivity contribution in [2.75, 3.05) is 18.8 Å². The van der Waals surface area contributed by atoms with Crippen LogP contribution in [-0.4, -0.2) is 34.1 Å². The van der Waals surface area contributed by atoms with Gasteiger partial charge in [-0.3, -0.25) is 9.89 Å². The molecule has 1 saturated heterocycles. The predicted octanol–water partition coefficient (Wildman–Crippen LogP) is 2.38. The van der Waals surface area contributed by atoms with Crippen LogP contribution in [0.1, 0.15) is 62.1 Å². The van der Waals surface area contributed by atoms with E-state index in [0.717, 1.165) is 31.6 Å². The number of likely N-dealkylation sites (tertiary alicyclic amines) is 1. The lowest BCUT2D eigenvalue weighted by molar-refractivity contribution is 0.0755. The number of hydrogen-bond acceptors (Lipinski definition) is 3. The third kappa shape index (κ3) is 2.91. The fraction of sp³-hybridized carbons (Fsp3) is 0.714.